The fourth-order valence-electron chi connectivity index (χ4n) is 0.260. The second-order valence-electron chi connectivity index (χ2n) is 1.03. The molecule has 0 spiro atoms. The molecular weight excluding hydrogens is 369 g/mol. The highest BCUT2D eigenvalue weighted by atomic mass is 127. The lowest BCUT2D eigenvalue weighted by molar-refractivity contribution is 1.32. The molecule has 0 N–H and O–H groups in total. The first-order valence-corrected chi connectivity index (χ1v) is 5.15. The Morgan fingerprint density at radius 3 is 2.25 bits per heavy atom. The van der Waals surface area contributed by atoms with Gasteiger partial charge in [0.05, 0.1) is 0 Å². The number of hydrogen-bond donors (Lipinski definition) is 0. The van der Waals surface area contributed by atoms with E-state index >= 15 is 0 Å². The number of rotatable bonds is 0. The number of hydrogen-bond acceptors (Lipinski definition) is 2. The van der Waals surface area contributed by atoms with E-state index in [0.29, 0.717) is 0 Å². The molecule has 1 aromatic rings. The average molecular weight is 369 g/mol. The maximum absolute atomic E-state index is 4.06. The van der Waals surface area contributed by atoms with Crippen LogP contribution < -0.4 is 0 Å². The summed E-state index contributed by atoms with van der Waals surface area (Å²) in [6.45, 7) is 0. The zero-order valence-corrected chi connectivity index (χ0v) is 9.64. The third-order valence-electron chi connectivity index (χ3n) is 0.522. The van der Waals surface area contributed by atoms with Crippen LogP contribution in [0, 0.1) is 2.88 Å². The smallest absolute Gasteiger partial charge is 0.161 e. The molecule has 1 heterocycles. The van der Waals surface area contributed by atoms with Crippen LogP contribution in [0.4, 0.5) is 0 Å². The first-order chi connectivity index (χ1) is 3.70. The average Bonchev–Trinajstić information content (AvgIpc) is 1.85. The molecule has 1 aromatic heterocycles. The molecule has 0 unspecified atom stereocenters. The van der Waals surface area contributed by atoms with E-state index in [1.54, 1.807) is 11.3 Å². The molecule has 0 aliphatic rings. The number of aromatic nitrogens is 1. The van der Waals surface area contributed by atoms with Crippen molar-refractivity contribution in [3.05, 3.63) is 11.4 Å². The van der Waals surface area contributed by atoms with Crippen LogP contribution in [0.15, 0.2) is 8.52 Å². The summed E-state index contributed by atoms with van der Waals surface area (Å²) in [5.74, 6) is 0. The molecule has 1 rings (SSSR count). The van der Waals surface area contributed by atoms with Crippen molar-refractivity contribution in [2.75, 3.05) is 0 Å². The summed E-state index contributed by atoms with van der Waals surface area (Å²) in [6.07, 6.45) is 0. The highest BCUT2D eigenvalue weighted by molar-refractivity contribution is 14.1. The van der Waals surface area contributed by atoms with Crippen molar-refractivity contribution in [2.45, 2.75) is 0 Å². The summed E-state index contributed by atoms with van der Waals surface area (Å²) in [6, 6.07) is 0. The summed E-state index contributed by atoms with van der Waals surface area (Å²) < 4.78 is 3.03. The van der Waals surface area contributed by atoms with E-state index in [9.17, 15) is 0 Å². The van der Waals surface area contributed by atoms with Gasteiger partial charge in [-0.05, 0) is 54.5 Å². The minimum atomic E-state index is 0.925. The minimum absolute atomic E-state index is 0.925. The normalized spacial score (nSPS) is 9.88. The van der Waals surface area contributed by atoms with Crippen molar-refractivity contribution in [1.29, 1.82) is 0 Å². The first-order valence-electron chi connectivity index (χ1n) is 1.67. The van der Waals surface area contributed by atoms with Crippen LogP contribution in [-0.2, 0) is 0 Å². The molecule has 1 nitrogen and oxygen atoms in total. The molecule has 0 bridgehead atoms. The molecule has 0 aliphatic heterocycles. The van der Waals surface area contributed by atoms with E-state index in [-0.39, 0.29) is 0 Å². The van der Waals surface area contributed by atoms with E-state index < -0.39 is 0 Å². The molecule has 5 heteroatoms. The van der Waals surface area contributed by atoms with E-state index in [1.807, 2.05) is 0 Å². The van der Waals surface area contributed by atoms with Crippen molar-refractivity contribution < 1.29 is 0 Å². The Bertz CT molecular complexity index is 180. The second-order valence-corrected chi connectivity index (χ2v) is 5.87. The molecule has 8 heavy (non-hydrogen) atoms. The Kier molecular flexibility index (Phi) is 2.73. The summed E-state index contributed by atoms with van der Waals surface area (Å²) in [4.78, 5) is 4.06. The van der Waals surface area contributed by atoms with Crippen molar-refractivity contribution >= 4 is 65.8 Å². The quantitative estimate of drug-likeness (QED) is 0.640. The van der Waals surface area contributed by atoms with Crippen molar-refractivity contribution in [3.63, 3.8) is 0 Å². The molecule has 0 fully saturated rings. The molecule has 0 aliphatic carbocycles. The van der Waals surface area contributed by atoms with Gasteiger partial charge in [-0.1, -0.05) is 11.3 Å². The van der Waals surface area contributed by atoms with E-state index in [4.69, 9.17) is 0 Å². The third kappa shape index (κ3) is 1.65. The zero-order valence-electron chi connectivity index (χ0n) is 3.49. The monoisotopic (exact) mass is 367 g/mol. The highest BCUT2D eigenvalue weighted by Crippen LogP contribution is 2.27. The van der Waals surface area contributed by atoms with Crippen LogP contribution in [0.1, 0.15) is 0 Å². The molecule has 0 saturated carbocycles. The first kappa shape index (κ1) is 7.43. The lowest BCUT2D eigenvalue weighted by Gasteiger charge is -1.72. The minimum Gasteiger partial charge on any atom is -0.221 e. The fraction of sp³-hybridized carbons (Fsp3) is 0. The standard InChI is InChI=1S/C3Br2INS/c4-1-2(6)8-3(5)7-1. The Morgan fingerprint density at radius 2 is 2.12 bits per heavy atom. The van der Waals surface area contributed by atoms with Gasteiger partial charge in [0.1, 0.15) is 7.49 Å². The molecule has 0 aromatic carbocycles. The summed E-state index contributed by atoms with van der Waals surface area (Å²) in [5.41, 5.74) is 0. The molecular formula is C3Br2INS. The SMILES string of the molecule is Brc1nc(Br)c(I)s1. The van der Waals surface area contributed by atoms with E-state index in [1.165, 1.54) is 2.88 Å². The van der Waals surface area contributed by atoms with Crippen LogP contribution in [0.3, 0.4) is 0 Å². The lowest BCUT2D eigenvalue weighted by atomic mass is 11.0. The predicted molar refractivity (Wildman–Crippen MR) is 50.2 cm³/mol. The van der Waals surface area contributed by atoms with Gasteiger partial charge in [-0.2, -0.15) is 0 Å². The highest BCUT2D eigenvalue weighted by Gasteiger charge is 2.00. The van der Waals surface area contributed by atoms with Crippen LogP contribution in [0.5, 0.6) is 0 Å². The molecule has 44 valence electrons. The Balaban J connectivity index is 3.14. The van der Waals surface area contributed by atoms with Gasteiger partial charge in [0, 0.05) is 0 Å². The summed E-state index contributed by atoms with van der Waals surface area (Å²) in [7, 11) is 0. The van der Waals surface area contributed by atoms with Crippen molar-refractivity contribution in [1.82, 2.24) is 4.98 Å². The molecule has 0 radical (unpaired) electrons. The van der Waals surface area contributed by atoms with Gasteiger partial charge in [0.2, 0.25) is 0 Å². The largest absolute Gasteiger partial charge is 0.221 e. The summed E-state index contributed by atoms with van der Waals surface area (Å²) >= 11 is 10.4. The Morgan fingerprint density at radius 1 is 1.50 bits per heavy atom. The summed E-state index contributed by atoms with van der Waals surface area (Å²) in [5, 5.41) is 0. The van der Waals surface area contributed by atoms with Crippen LogP contribution in [0.25, 0.3) is 0 Å². The predicted octanol–water partition coefficient (Wildman–Crippen LogP) is 3.27. The maximum Gasteiger partial charge on any atom is 0.161 e. The topological polar surface area (TPSA) is 12.9 Å². The number of thiazole rings is 1. The Hall–Kier alpha value is 1.32. The van der Waals surface area contributed by atoms with Gasteiger partial charge in [-0.3, -0.25) is 0 Å². The molecule has 0 atom stereocenters. The van der Waals surface area contributed by atoms with Crippen LogP contribution in [0.2, 0.25) is 0 Å². The van der Waals surface area contributed by atoms with E-state index in [2.05, 4.69) is 59.4 Å². The third-order valence-corrected chi connectivity index (χ3v) is 4.57. The van der Waals surface area contributed by atoms with Crippen molar-refractivity contribution in [2.24, 2.45) is 0 Å². The van der Waals surface area contributed by atoms with Crippen molar-refractivity contribution in [3.8, 4) is 0 Å². The molecule has 0 amide bonds. The van der Waals surface area contributed by atoms with Gasteiger partial charge >= 0.3 is 0 Å². The van der Waals surface area contributed by atoms with Gasteiger partial charge in [-0.25, -0.2) is 4.98 Å². The lowest BCUT2D eigenvalue weighted by Crippen LogP contribution is -1.60. The number of halogens is 3. The zero-order chi connectivity index (χ0) is 6.15. The molecule has 0 saturated heterocycles. The van der Waals surface area contributed by atoms with Gasteiger partial charge < -0.3 is 0 Å². The second kappa shape index (κ2) is 2.94. The maximum atomic E-state index is 4.06. The van der Waals surface area contributed by atoms with Gasteiger partial charge in [0.25, 0.3) is 0 Å². The van der Waals surface area contributed by atoms with E-state index in [0.717, 1.165) is 8.52 Å². The fourth-order valence-corrected chi connectivity index (χ4v) is 3.77. The number of nitrogens with zero attached hydrogens (tertiary/aromatic N) is 1. The van der Waals surface area contributed by atoms with Gasteiger partial charge in [0.15, 0.2) is 3.92 Å². The van der Waals surface area contributed by atoms with Gasteiger partial charge in [-0.15, -0.1) is 0 Å². The van der Waals surface area contributed by atoms with Crippen LogP contribution >= 0.6 is 65.8 Å². The van der Waals surface area contributed by atoms with Crippen LogP contribution in [-0.4, -0.2) is 4.98 Å². The Labute approximate surface area is 81.3 Å².